The van der Waals surface area contributed by atoms with Gasteiger partial charge < -0.3 is 4.90 Å². The van der Waals surface area contributed by atoms with E-state index >= 15 is 0 Å². The predicted molar refractivity (Wildman–Crippen MR) is 252 cm³/mol. The molecule has 0 bridgehead atoms. The first-order valence-electron chi connectivity index (χ1n) is 21.3. The summed E-state index contributed by atoms with van der Waals surface area (Å²) in [4.78, 5) is 2.39. The summed E-state index contributed by atoms with van der Waals surface area (Å²) in [5.41, 5.74) is 24.6. The molecule has 60 heavy (non-hydrogen) atoms. The molecular weight excluding hydrogens is 723 g/mol. The minimum Gasteiger partial charge on any atom is -0.310 e. The van der Waals surface area contributed by atoms with Crippen molar-refractivity contribution in [3.05, 3.63) is 244 Å². The van der Waals surface area contributed by atoms with Crippen molar-refractivity contribution in [3.63, 3.8) is 0 Å². The fraction of sp³-hybridized carbons (Fsp3) is 0.119. The third-order valence-corrected chi connectivity index (χ3v) is 14.2. The molecular formula is C59H45N. The van der Waals surface area contributed by atoms with Crippen LogP contribution in [0.15, 0.2) is 188 Å². The Bertz CT molecular complexity index is 3090. The zero-order chi connectivity index (χ0) is 40.4. The van der Waals surface area contributed by atoms with Crippen LogP contribution in [0.1, 0.15) is 83.3 Å². The molecule has 0 aliphatic heterocycles. The Labute approximate surface area is 353 Å². The first-order valence-corrected chi connectivity index (χ1v) is 21.3. The zero-order valence-corrected chi connectivity index (χ0v) is 34.5. The molecule has 0 amide bonds. The Kier molecular flexibility index (Phi) is 7.31. The summed E-state index contributed by atoms with van der Waals surface area (Å²) < 4.78 is 0. The lowest BCUT2D eigenvalue weighted by molar-refractivity contribution is 0.694. The third kappa shape index (κ3) is 4.64. The minimum atomic E-state index is -0.469. The summed E-state index contributed by atoms with van der Waals surface area (Å²) in [5.74, 6) is 0. The number of nitrogens with zero attached hydrogens (tertiary/aromatic N) is 1. The standard InChI is InChI=1S/C59H45N/c1-57(2)49-24-14-13-23-47(49)55-56(57)48-33-30-38(35-52(48)58(55,3)4)27-28-39-29-32-45-43-21-11-15-25-50(43)59(53(45)36-39)51-26-16-12-22-44(51)46-34-31-42(37-54(46)59)60(40-17-7-5-8-18-40)41-19-9-6-10-20-41/h5-37H,1-4H3/b28-27+. The van der Waals surface area contributed by atoms with Crippen LogP contribution in [0.2, 0.25) is 0 Å². The molecule has 4 aliphatic carbocycles. The highest BCUT2D eigenvalue weighted by atomic mass is 15.1. The minimum absolute atomic E-state index is 0.0244. The van der Waals surface area contributed by atoms with Gasteiger partial charge in [0, 0.05) is 27.9 Å². The molecule has 0 N–H and O–H groups in total. The van der Waals surface area contributed by atoms with E-state index < -0.39 is 5.41 Å². The molecule has 12 rings (SSSR count). The summed E-state index contributed by atoms with van der Waals surface area (Å²) in [7, 11) is 0. The van der Waals surface area contributed by atoms with Crippen LogP contribution >= 0.6 is 0 Å². The normalized spacial score (nSPS) is 17.9. The van der Waals surface area contributed by atoms with E-state index in [2.05, 4.69) is 233 Å². The largest absolute Gasteiger partial charge is 0.310 e. The second-order valence-corrected chi connectivity index (χ2v) is 18.1. The van der Waals surface area contributed by atoms with E-state index in [-0.39, 0.29) is 10.8 Å². The van der Waals surface area contributed by atoms with E-state index in [9.17, 15) is 0 Å². The van der Waals surface area contributed by atoms with Crippen LogP contribution in [0, 0.1) is 0 Å². The van der Waals surface area contributed by atoms with Crippen molar-refractivity contribution in [1.82, 2.24) is 0 Å². The van der Waals surface area contributed by atoms with Crippen molar-refractivity contribution in [2.75, 3.05) is 4.90 Å². The summed E-state index contributed by atoms with van der Waals surface area (Å²) >= 11 is 0. The van der Waals surface area contributed by atoms with Gasteiger partial charge in [0.05, 0.1) is 5.41 Å². The number of rotatable bonds is 5. The molecule has 1 heteroatoms. The smallest absolute Gasteiger partial charge is 0.0726 e. The van der Waals surface area contributed by atoms with Crippen molar-refractivity contribution in [2.45, 2.75) is 43.9 Å². The summed E-state index contributed by atoms with van der Waals surface area (Å²) in [5, 5.41) is 0. The maximum absolute atomic E-state index is 2.48. The average molecular weight is 768 g/mol. The Balaban J connectivity index is 0.996. The fourth-order valence-electron chi connectivity index (χ4n) is 11.7. The van der Waals surface area contributed by atoms with Crippen molar-refractivity contribution >= 4 is 40.4 Å². The maximum atomic E-state index is 2.48. The van der Waals surface area contributed by atoms with Crippen LogP contribution in [0.25, 0.3) is 45.6 Å². The molecule has 0 aromatic heterocycles. The van der Waals surface area contributed by atoms with Gasteiger partial charge in [-0.25, -0.2) is 0 Å². The van der Waals surface area contributed by atoms with Gasteiger partial charge in [-0.15, -0.1) is 0 Å². The molecule has 0 radical (unpaired) electrons. The van der Waals surface area contributed by atoms with Crippen LogP contribution in [-0.2, 0) is 16.2 Å². The molecule has 1 atom stereocenters. The highest BCUT2D eigenvalue weighted by Gasteiger charge is 2.52. The molecule has 1 nitrogen and oxygen atoms in total. The van der Waals surface area contributed by atoms with Gasteiger partial charge in [-0.2, -0.15) is 0 Å². The Morgan fingerprint density at radius 2 is 0.717 bits per heavy atom. The third-order valence-electron chi connectivity index (χ3n) is 14.2. The second-order valence-electron chi connectivity index (χ2n) is 18.1. The van der Waals surface area contributed by atoms with E-state index in [0.29, 0.717) is 0 Å². The first-order chi connectivity index (χ1) is 29.3. The number of fused-ring (bicyclic) bond motifs is 14. The molecule has 286 valence electrons. The van der Waals surface area contributed by atoms with E-state index in [1.807, 2.05) is 0 Å². The van der Waals surface area contributed by atoms with Gasteiger partial charge in [-0.3, -0.25) is 0 Å². The molecule has 8 aromatic carbocycles. The van der Waals surface area contributed by atoms with E-state index in [0.717, 1.165) is 17.1 Å². The van der Waals surface area contributed by atoms with Crippen LogP contribution in [0.3, 0.4) is 0 Å². The van der Waals surface area contributed by atoms with Gasteiger partial charge in [-0.05, 0) is 131 Å². The number of allylic oxidation sites excluding steroid dienone is 2. The van der Waals surface area contributed by atoms with Gasteiger partial charge in [0.15, 0.2) is 0 Å². The Morgan fingerprint density at radius 3 is 1.30 bits per heavy atom. The summed E-state index contributed by atoms with van der Waals surface area (Å²) in [6.45, 7) is 9.63. The molecule has 4 aliphatic rings. The number of anilines is 3. The molecule has 1 spiro atoms. The van der Waals surface area contributed by atoms with Crippen LogP contribution < -0.4 is 4.90 Å². The van der Waals surface area contributed by atoms with E-state index in [1.54, 1.807) is 0 Å². The van der Waals surface area contributed by atoms with Gasteiger partial charge in [-0.1, -0.05) is 185 Å². The van der Waals surface area contributed by atoms with Crippen molar-refractivity contribution in [1.29, 1.82) is 0 Å². The second kappa shape index (κ2) is 12.5. The molecule has 1 unspecified atom stereocenters. The average Bonchev–Trinajstić information content (AvgIpc) is 3.92. The number of benzene rings is 8. The summed E-state index contributed by atoms with van der Waals surface area (Å²) in [6, 6.07) is 70.2. The van der Waals surface area contributed by atoms with Crippen molar-refractivity contribution in [3.8, 4) is 22.3 Å². The monoisotopic (exact) mass is 767 g/mol. The molecule has 0 heterocycles. The van der Waals surface area contributed by atoms with Crippen molar-refractivity contribution < 1.29 is 0 Å². The zero-order valence-electron chi connectivity index (χ0n) is 34.5. The predicted octanol–water partition coefficient (Wildman–Crippen LogP) is 15.2. The van der Waals surface area contributed by atoms with Crippen molar-refractivity contribution in [2.24, 2.45) is 0 Å². The molecule has 0 saturated heterocycles. The SMILES string of the molecule is CC1(C)C2=C(c3ccccc31)C(C)(C)c1cc(/C=C/c3ccc4c(c3)C3(c5ccccc5-4)c4ccccc4-c4ccc(N(c5ccccc5)c5ccccc5)cc43)ccc12. The lowest BCUT2D eigenvalue weighted by Crippen LogP contribution is -2.26. The van der Waals surface area contributed by atoms with E-state index in [1.165, 1.54) is 89.0 Å². The molecule has 0 fully saturated rings. The number of hydrogen-bond donors (Lipinski definition) is 0. The van der Waals surface area contributed by atoms with Gasteiger partial charge in [0.2, 0.25) is 0 Å². The topological polar surface area (TPSA) is 3.24 Å². The van der Waals surface area contributed by atoms with E-state index in [4.69, 9.17) is 0 Å². The Hall–Kier alpha value is -6.96. The number of hydrogen-bond acceptors (Lipinski definition) is 1. The summed E-state index contributed by atoms with van der Waals surface area (Å²) in [6.07, 6.45) is 4.65. The highest BCUT2D eigenvalue weighted by molar-refractivity contribution is 6.09. The van der Waals surface area contributed by atoms with Crippen LogP contribution in [0.5, 0.6) is 0 Å². The van der Waals surface area contributed by atoms with Crippen LogP contribution in [-0.4, -0.2) is 0 Å². The molecule has 0 saturated carbocycles. The Morgan fingerprint density at radius 1 is 0.317 bits per heavy atom. The highest BCUT2D eigenvalue weighted by Crippen LogP contribution is 2.64. The first kappa shape index (κ1) is 35.0. The maximum Gasteiger partial charge on any atom is 0.0726 e. The van der Waals surface area contributed by atoms with Gasteiger partial charge in [0.25, 0.3) is 0 Å². The van der Waals surface area contributed by atoms with Gasteiger partial charge in [0.1, 0.15) is 0 Å². The lowest BCUT2D eigenvalue weighted by atomic mass is 9.70. The fourth-order valence-corrected chi connectivity index (χ4v) is 11.7. The van der Waals surface area contributed by atoms with Crippen LogP contribution in [0.4, 0.5) is 17.1 Å². The van der Waals surface area contributed by atoms with Gasteiger partial charge >= 0.3 is 0 Å². The number of para-hydroxylation sites is 2. The quantitative estimate of drug-likeness (QED) is 0.158. The lowest BCUT2D eigenvalue weighted by Gasteiger charge is -2.32. The molecule has 8 aromatic rings.